The molecule has 0 spiro atoms. The molecule has 0 aliphatic carbocycles. The summed E-state index contributed by atoms with van der Waals surface area (Å²) in [6.07, 6.45) is 24.4. The fourth-order valence-corrected chi connectivity index (χ4v) is 3.22. The summed E-state index contributed by atoms with van der Waals surface area (Å²) in [5.74, 6) is 0.718. The molecule has 1 aliphatic rings. The molecule has 1 unspecified atom stereocenters. The average molecular weight is 344 g/mol. The summed E-state index contributed by atoms with van der Waals surface area (Å²) in [7, 11) is 0. The highest BCUT2D eigenvalue weighted by Gasteiger charge is 2.24. The zero-order valence-electron chi connectivity index (χ0n) is 17.2. The van der Waals surface area contributed by atoms with Crippen LogP contribution < -0.4 is 0 Å². The van der Waals surface area contributed by atoms with Gasteiger partial charge in [-0.1, -0.05) is 90.2 Å². The lowest BCUT2D eigenvalue weighted by molar-refractivity contribution is 0.378. The van der Waals surface area contributed by atoms with Gasteiger partial charge in [0.2, 0.25) is 0 Å². The second-order valence-electron chi connectivity index (χ2n) is 6.92. The molecule has 0 aromatic carbocycles. The van der Waals surface area contributed by atoms with E-state index in [1.165, 1.54) is 38.5 Å². The molecule has 0 aromatic heterocycles. The van der Waals surface area contributed by atoms with Gasteiger partial charge in [-0.3, -0.25) is 4.99 Å². The van der Waals surface area contributed by atoms with E-state index >= 15 is 0 Å². The number of allylic oxidation sites excluding steroid dienone is 5. The molecule has 142 valence electrons. The first kappa shape index (κ1) is 23.6. The van der Waals surface area contributed by atoms with Crippen LogP contribution in [-0.4, -0.2) is 12.3 Å². The zero-order chi connectivity index (χ0) is 19.0. The normalized spacial score (nSPS) is 20.1. The molecule has 1 heteroatoms. The predicted molar refractivity (Wildman–Crippen MR) is 117 cm³/mol. The molecular weight excluding hydrogens is 302 g/mol. The fourth-order valence-electron chi connectivity index (χ4n) is 3.22. The maximum Gasteiger partial charge on any atom is 0.0558 e. The summed E-state index contributed by atoms with van der Waals surface area (Å²) in [4.78, 5) is 5.08. The maximum atomic E-state index is 5.08. The molecule has 0 saturated heterocycles. The van der Waals surface area contributed by atoms with E-state index in [2.05, 4.69) is 71.4 Å². The van der Waals surface area contributed by atoms with Gasteiger partial charge in [0.25, 0.3) is 0 Å². The van der Waals surface area contributed by atoms with Crippen molar-refractivity contribution in [3.63, 3.8) is 0 Å². The summed E-state index contributed by atoms with van der Waals surface area (Å²) < 4.78 is 0. The van der Waals surface area contributed by atoms with Gasteiger partial charge in [-0.25, -0.2) is 0 Å². The fraction of sp³-hybridized carbons (Fsp3) is 0.625. The Bertz CT molecular complexity index is 413. The van der Waals surface area contributed by atoms with Crippen LogP contribution in [0.15, 0.2) is 54.6 Å². The first-order valence-electron chi connectivity index (χ1n) is 10.2. The third kappa shape index (κ3) is 9.63. The van der Waals surface area contributed by atoms with Gasteiger partial charge in [0.1, 0.15) is 0 Å². The summed E-state index contributed by atoms with van der Waals surface area (Å²) in [6, 6.07) is 0.470. The van der Waals surface area contributed by atoms with Crippen molar-refractivity contribution < 1.29 is 0 Å². The first-order chi connectivity index (χ1) is 12.1. The van der Waals surface area contributed by atoms with Gasteiger partial charge in [0.15, 0.2) is 0 Å². The van der Waals surface area contributed by atoms with Crippen LogP contribution in [0.4, 0.5) is 0 Å². The lowest BCUT2D eigenvalue weighted by Gasteiger charge is -2.28. The van der Waals surface area contributed by atoms with Gasteiger partial charge in [0.05, 0.1) is 6.04 Å². The average Bonchev–Trinajstić information content (AvgIpc) is 2.65. The lowest BCUT2D eigenvalue weighted by Crippen LogP contribution is -2.24. The van der Waals surface area contributed by atoms with Crippen molar-refractivity contribution in [3.8, 4) is 0 Å². The van der Waals surface area contributed by atoms with Crippen LogP contribution in [0.25, 0.3) is 0 Å². The Labute approximate surface area is 157 Å². The van der Waals surface area contributed by atoms with Gasteiger partial charge in [-0.2, -0.15) is 0 Å². The van der Waals surface area contributed by atoms with Gasteiger partial charge in [-0.05, 0) is 44.4 Å². The van der Waals surface area contributed by atoms with E-state index in [0.717, 1.165) is 18.8 Å². The van der Waals surface area contributed by atoms with Crippen molar-refractivity contribution >= 4 is 6.21 Å². The van der Waals surface area contributed by atoms with Gasteiger partial charge in [0, 0.05) is 11.6 Å². The van der Waals surface area contributed by atoms with Gasteiger partial charge in [-0.15, -0.1) is 0 Å². The predicted octanol–water partition coefficient (Wildman–Crippen LogP) is 7.71. The van der Waals surface area contributed by atoms with Crippen LogP contribution in [0.1, 0.15) is 79.1 Å². The van der Waals surface area contributed by atoms with E-state index in [1.54, 1.807) is 12.2 Å². The van der Waals surface area contributed by atoms with E-state index in [-0.39, 0.29) is 5.41 Å². The summed E-state index contributed by atoms with van der Waals surface area (Å²) in [5.41, 5.74) is 0.268. The lowest BCUT2D eigenvalue weighted by atomic mass is 9.80. The standard InChI is InChI=1S/C20H35N.C4H6/c1-5-18(6-2)19-15-13-11-9-10-12-14-16-20(7-3,8-4)17-21-19;1-3-4-2/h11-14,17-19H,5-10,15-16H2,1-4H3;3-4H,1-2H2. The van der Waals surface area contributed by atoms with Crippen molar-refractivity contribution in [1.82, 2.24) is 0 Å². The Morgan fingerprint density at radius 3 is 2.00 bits per heavy atom. The summed E-state index contributed by atoms with van der Waals surface area (Å²) in [6.45, 7) is 15.9. The molecule has 1 atom stereocenters. The molecule has 1 rings (SSSR count). The molecule has 0 N–H and O–H groups in total. The molecule has 0 fully saturated rings. The van der Waals surface area contributed by atoms with Crippen molar-refractivity contribution in [2.24, 2.45) is 16.3 Å². The second-order valence-corrected chi connectivity index (χ2v) is 6.92. The smallest absolute Gasteiger partial charge is 0.0558 e. The number of hydrogen-bond acceptors (Lipinski definition) is 1. The number of hydrogen-bond donors (Lipinski definition) is 0. The minimum atomic E-state index is 0.268. The number of nitrogens with zero attached hydrogens (tertiary/aromatic N) is 1. The van der Waals surface area contributed by atoms with Crippen molar-refractivity contribution in [2.75, 3.05) is 0 Å². The van der Waals surface area contributed by atoms with Crippen molar-refractivity contribution in [1.29, 1.82) is 0 Å². The van der Waals surface area contributed by atoms with E-state index in [0.29, 0.717) is 6.04 Å². The Balaban J connectivity index is 0.00000129. The molecule has 0 bridgehead atoms. The van der Waals surface area contributed by atoms with E-state index < -0.39 is 0 Å². The summed E-state index contributed by atoms with van der Waals surface area (Å²) in [5, 5.41) is 0. The van der Waals surface area contributed by atoms with Crippen LogP contribution in [0.5, 0.6) is 0 Å². The van der Waals surface area contributed by atoms with Crippen LogP contribution >= 0.6 is 0 Å². The summed E-state index contributed by atoms with van der Waals surface area (Å²) >= 11 is 0. The van der Waals surface area contributed by atoms with Crippen LogP contribution in [0, 0.1) is 11.3 Å². The van der Waals surface area contributed by atoms with Crippen molar-refractivity contribution in [2.45, 2.75) is 85.1 Å². The molecule has 25 heavy (non-hydrogen) atoms. The minimum absolute atomic E-state index is 0.268. The molecule has 1 heterocycles. The first-order valence-corrected chi connectivity index (χ1v) is 10.2. The molecule has 0 aromatic rings. The molecule has 1 aliphatic heterocycles. The van der Waals surface area contributed by atoms with E-state index in [4.69, 9.17) is 4.99 Å². The highest BCUT2D eigenvalue weighted by molar-refractivity contribution is 5.66. The Kier molecular flexibility index (Phi) is 14.1. The maximum absolute atomic E-state index is 5.08. The van der Waals surface area contributed by atoms with Crippen LogP contribution in [0.2, 0.25) is 0 Å². The topological polar surface area (TPSA) is 12.4 Å². The molecule has 0 amide bonds. The van der Waals surface area contributed by atoms with Gasteiger partial charge >= 0.3 is 0 Å². The van der Waals surface area contributed by atoms with Gasteiger partial charge < -0.3 is 0 Å². The van der Waals surface area contributed by atoms with Crippen molar-refractivity contribution in [3.05, 3.63) is 49.6 Å². The molecule has 1 nitrogen and oxygen atoms in total. The Hall–Kier alpha value is -1.37. The third-order valence-electron chi connectivity index (χ3n) is 5.44. The molecule has 0 saturated carbocycles. The Morgan fingerprint density at radius 2 is 1.52 bits per heavy atom. The molecule has 0 radical (unpaired) electrons. The number of rotatable bonds is 6. The molecular formula is C24H41N. The quantitative estimate of drug-likeness (QED) is 0.346. The Morgan fingerprint density at radius 1 is 0.960 bits per heavy atom. The monoisotopic (exact) mass is 343 g/mol. The number of aliphatic imine (C=N–C) groups is 1. The van der Waals surface area contributed by atoms with Crippen LogP contribution in [0.3, 0.4) is 0 Å². The van der Waals surface area contributed by atoms with Crippen LogP contribution in [-0.2, 0) is 0 Å². The highest BCUT2D eigenvalue weighted by atomic mass is 14.8. The SMILES string of the molecule is C=CC=C.CCC(CC)C1CC=CCCC=CCC(CC)(CC)C=N1. The largest absolute Gasteiger partial charge is 0.293 e. The minimum Gasteiger partial charge on any atom is -0.293 e. The zero-order valence-corrected chi connectivity index (χ0v) is 17.2. The second kappa shape index (κ2) is 14.9. The van der Waals surface area contributed by atoms with E-state index in [1.807, 2.05) is 0 Å². The third-order valence-corrected chi connectivity index (χ3v) is 5.44. The highest BCUT2D eigenvalue weighted by Crippen LogP contribution is 2.30. The van der Waals surface area contributed by atoms with E-state index in [9.17, 15) is 0 Å².